The monoisotopic (exact) mass is 592 g/mol. The third kappa shape index (κ3) is 6.27. The van der Waals surface area contributed by atoms with Gasteiger partial charge in [-0.05, 0) is 36.2 Å². The molecule has 2 aliphatic rings. The molecule has 196 valence electrons. The number of carbonyl (C=O) groups excluding carboxylic acids is 1. The topological polar surface area (TPSA) is 78.6 Å². The predicted octanol–water partition coefficient (Wildman–Crippen LogP) is 4.62. The van der Waals surface area contributed by atoms with Gasteiger partial charge < -0.3 is 15.5 Å². The van der Waals surface area contributed by atoms with Crippen molar-refractivity contribution in [3.63, 3.8) is 0 Å². The van der Waals surface area contributed by atoms with Crippen LogP contribution in [-0.4, -0.2) is 71.0 Å². The molecular weight excluding hydrogens is 566 g/mol. The van der Waals surface area contributed by atoms with Gasteiger partial charge in [0.2, 0.25) is 5.91 Å². The van der Waals surface area contributed by atoms with Crippen LogP contribution in [-0.2, 0) is 4.79 Å². The molecule has 1 unspecified atom stereocenters. The summed E-state index contributed by atoms with van der Waals surface area (Å²) in [6, 6.07) is 13.1. The molecule has 5 rings (SSSR count). The van der Waals surface area contributed by atoms with E-state index < -0.39 is 6.04 Å². The van der Waals surface area contributed by atoms with Crippen LogP contribution in [0.4, 0.5) is 5.82 Å². The molecule has 0 saturated carbocycles. The van der Waals surface area contributed by atoms with Crippen LogP contribution in [0.2, 0.25) is 10.0 Å². The number of rotatable bonds is 4. The molecule has 1 amide bonds. The average molecular weight is 595 g/mol. The molecule has 3 heterocycles. The van der Waals surface area contributed by atoms with Crippen molar-refractivity contribution in [1.29, 1.82) is 0 Å². The van der Waals surface area contributed by atoms with Crippen LogP contribution in [0, 0.1) is 0 Å². The first-order valence-electron chi connectivity index (χ1n) is 11.2. The maximum atomic E-state index is 13.8. The number of piperazine rings is 1. The third-order valence-corrected chi connectivity index (χ3v) is 7.27. The lowest BCUT2D eigenvalue weighted by Crippen LogP contribution is -2.52. The second-order valence-corrected chi connectivity index (χ2v) is 9.46. The lowest BCUT2D eigenvalue weighted by atomic mass is 10.0. The van der Waals surface area contributed by atoms with Crippen LogP contribution in [0.25, 0.3) is 10.9 Å². The van der Waals surface area contributed by atoms with Gasteiger partial charge in [-0.25, -0.2) is 9.97 Å². The Morgan fingerprint density at radius 2 is 1.67 bits per heavy atom. The number of hydrogen-bond acceptors (Lipinski definition) is 6. The fraction of sp³-hybridized carbons (Fsp3) is 0.375. The van der Waals surface area contributed by atoms with Crippen molar-refractivity contribution in [2.75, 3.05) is 44.2 Å². The van der Waals surface area contributed by atoms with E-state index in [2.05, 4.69) is 19.8 Å². The minimum absolute atomic E-state index is 0. The van der Waals surface area contributed by atoms with E-state index in [0.29, 0.717) is 42.8 Å². The van der Waals surface area contributed by atoms with Crippen molar-refractivity contribution < 1.29 is 4.79 Å². The highest BCUT2D eigenvalue weighted by molar-refractivity contribution is 6.42. The largest absolute Gasteiger partial charge is 0.352 e. The maximum Gasteiger partial charge on any atom is 0.244 e. The molecule has 1 aromatic heterocycles. The van der Waals surface area contributed by atoms with Gasteiger partial charge in [-0.1, -0.05) is 41.4 Å². The van der Waals surface area contributed by atoms with Crippen LogP contribution in [0.1, 0.15) is 18.0 Å². The van der Waals surface area contributed by atoms with E-state index >= 15 is 0 Å². The Labute approximate surface area is 239 Å². The number of fused-ring (bicyclic) bond motifs is 1. The van der Waals surface area contributed by atoms with Gasteiger partial charge >= 0.3 is 0 Å². The van der Waals surface area contributed by atoms with E-state index in [4.69, 9.17) is 28.9 Å². The summed E-state index contributed by atoms with van der Waals surface area (Å²) in [5, 5.41) is 1.96. The van der Waals surface area contributed by atoms with E-state index in [-0.39, 0.29) is 49.2 Å². The van der Waals surface area contributed by atoms with E-state index in [1.807, 2.05) is 35.2 Å². The molecule has 0 spiro atoms. The van der Waals surface area contributed by atoms with Gasteiger partial charge in [0.15, 0.2) is 0 Å². The van der Waals surface area contributed by atoms with Crippen molar-refractivity contribution in [3.8, 4) is 0 Å². The number of anilines is 1. The number of carbonyl (C=O) groups is 1. The van der Waals surface area contributed by atoms with Crippen molar-refractivity contribution >= 4 is 83.1 Å². The molecule has 0 radical (unpaired) electrons. The van der Waals surface area contributed by atoms with Gasteiger partial charge in [-0.2, -0.15) is 0 Å². The number of hydrogen-bond donors (Lipinski definition) is 1. The molecule has 12 heteroatoms. The van der Waals surface area contributed by atoms with Crippen LogP contribution in [0.5, 0.6) is 0 Å². The number of nitrogens with two attached hydrogens (primary N) is 1. The van der Waals surface area contributed by atoms with Crippen LogP contribution in [0.3, 0.4) is 0 Å². The number of para-hydroxylation sites is 1. The fourth-order valence-electron chi connectivity index (χ4n) is 4.80. The number of likely N-dealkylation sites (tertiary alicyclic amines) is 1. The van der Waals surface area contributed by atoms with Gasteiger partial charge in [0, 0.05) is 50.7 Å². The molecule has 2 aliphatic heterocycles. The molecule has 7 nitrogen and oxygen atoms in total. The summed E-state index contributed by atoms with van der Waals surface area (Å²) in [4.78, 5) is 29.0. The second kappa shape index (κ2) is 13.3. The van der Waals surface area contributed by atoms with Crippen LogP contribution >= 0.6 is 60.4 Å². The molecule has 2 N–H and O–H groups in total. The Kier molecular flexibility index (Phi) is 11.3. The molecule has 0 aliphatic carbocycles. The van der Waals surface area contributed by atoms with Crippen LogP contribution < -0.4 is 10.6 Å². The van der Waals surface area contributed by atoms with Crippen molar-refractivity contribution in [3.05, 3.63) is 64.4 Å². The second-order valence-electron chi connectivity index (χ2n) is 8.65. The van der Waals surface area contributed by atoms with E-state index in [9.17, 15) is 4.79 Å². The Bertz CT molecular complexity index is 1170. The van der Waals surface area contributed by atoms with Gasteiger partial charge in [-0.3, -0.25) is 9.69 Å². The molecule has 0 bridgehead atoms. The highest BCUT2D eigenvalue weighted by Crippen LogP contribution is 2.32. The number of nitrogens with zero attached hydrogens (tertiary/aromatic N) is 5. The predicted molar refractivity (Wildman–Crippen MR) is 153 cm³/mol. The van der Waals surface area contributed by atoms with Crippen LogP contribution in [0.15, 0.2) is 48.8 Å². The Hall–Kier alpha value is -1.58. The van der Waals surface area contributed by atoms with Gasteiger partial charge in [0.05, 0.1) is 15.6 Å². The first kappa shape index (κ1) is 30.6. The van der Waals surface area contributed by atoms with Crippen molar-refractivity contribution in [1.82, 2.24) is 19.8 Å². The molecule has 2 atom stereocenters. The fourth-order valence-corrected chi connectivity index (χ4v) is 5.10. The Morgan fingerprint density at radius 1 is 0.944 bits per heavy atom. The summed E-state index contributed by atoms with van der Waals surface area (Å²) in [5.74, 6) is 0.994. The summed E-state index contributed by atoms with van der Waals surface area (Å²) in [7, 11) is 0. The van der Waals surface area contributed by atoms with Gasteiger partial charge in [0.25, 0.3) is 0 Å². The summed E-state index contributed by atoms with van der Waals surface area (Å²) < 4.78 is 0. The highest BCUT2D eigenvalue weighted by Gasteiger charge is 2.36. The van der Waals surface area contributed by atoms with Crippen molar-refractivity contribution in [2.24, 2.45) is 5.73 Å². The van der Waals surface area contributed by atoms with Crippen molar-refractivity contribution in [2.45, 2.75) is 18.5 Å². The lowest BCUT2D eigenvalue weighted by Gasteiger charge is -2.39. The van der Waals surface area contributed by atoms with E-state index in [0.717, 1.165) is 35.2 Å². The maximum absolute atomic E-state index is 13.8. The van der Waals surface area contributed by atoms with E-state index in [1.54, 1.807) is 18.5 Å². The molecular formula is C24H29Cl5N6O. The first-order valence-corrected chi connectivity index (χ1v) is 11.9. The molecule has 3 aromatic rings. The highest BCUT2D eigenvalue weighted by atomic mass is 35.5. The number of benzene rings is 2. The smallest absolute Gasteiger partial charge is 0.244 e. The molecule has 2 saturated heterocycles. The van der Waals surface area contributed by atoms with Gasteiger partial charge in [0.1, 0.15) is 18.2 Å². The summed E-state index contributed by atoms with van der Waals surface area (Å²) in [5.41, 5.74) is 7.95. The normalized spacial score (nSPS) is 18.7. The zero-order chi connectivity index (χ0) is 22.9. The molecule has 2 fully saturated rings. The Morgan fingerprint density at radius 3 is 2.33 bits per heavy atom. The summed E-state index contributed by atoms with van der Waals surface area (Å²) in [6.45, 7) is 4.12. The Balaban J connectivity index is 0.00000152. The number of halogens is 5. The summed E-state index contributed by atoms with van der Waals surface area (Å²) in [6.07, 6.45) is 2.48. The minimum atomic E-state index is -0.417. The van der Waals surface area contributed by atoms with Gasteiger partial charge in [-0.15, -0.1) is 37.2 Å². The zero-order valence-corrected chi connectivity index (χ0v) is 23.4. The average Bonchev–Trinajstić information content (AvgIpc) is 3.26. The SMILES string of the molecule is Cl.Cl.Cl.NC1CCN([C@@H](C(=O)N2CCN(c3ncnc4ccccc34)CC2)c2ccc(Cl)c(Cl)c2)C1. The van der Waals surface area contributed by atoms with E-state index in [1.165, 1.54) is 0 Å². The minimum Gasteiger partial charge on any atom is -0.352 e. The first-order chi connectivity index (χ1) is 16.0. The third-order valence-electron chi connectivity index (χ3n) is 6.53. The zero-order valence-electron chi connectivity index (χ0n) is 19.4. The molecule has 36 heavy (non-hydrogen) atoms. The molecule has 2 aromatic carbocycles. The number of amides is 1. The number of aromatic nitrogens is 2. The standard InChI is InChI=1S/C24H26Cl2N6O.3ClH/c25-19-6-5-16(13-20(19)26)22(32-8-7-17(27)14-32)24(33)31-11-9-30(10-12-31)23-18-3-1-2-4-21(18)28-15-29-23;;;/h1-6,13,15,17,22H,7-12,14,27H2;3*1H/t17?,22-;;;/m1.../s1. The lowest BCUT2D eigenvalue weighted by molar-refractivity contribution is -0.137. The quantitative estimate of drug-likeness (QED) is 0.475. The summed E-state index contributed by atoms with van der Waals surface area (Å²) >= 11 is 12.4.